The van der Waals surface area contributed by atoms with E-state index in [2.05, 4.69) is 24.4 Å². The van der Waals surface area contributed by atoms with E-state index in [1.165, 1.54) is 31.2 Å². The highest BCUT2D eigenvalue weighted by atomic mass is 16.5. The Morgan fingerprint density at radius 1 is 1.21 bits per heavy atom. The Hall–Kier alpha value is -1.06. The fourth-order valence-corrected chi connectivity index (χ4v) is 2.60. The summed E-state index contributed by atoms with van der Waals surface area (Å²) in [5.41, 5.74) is 1.23. The number of methoxy groups -OCH3 is 1. The number of nitrogens with one attached hydrogen (secondary N) is 1. The van der Waals surface area contributed by atoms with Gasteiger partial charge in [-0.25, -0.2) is 0 Å². The zero-order chi connectivity index (χ0) is 13.5. The van der Waals surface area contributed by atoms with E-state index in [4.69, 9.17) is 9.47 Å². The second kappa shape index (κ2) is 7.51. The van der Waals surface area contributed by atoms with Crippen LogP contribution in [-0.2, 0) is 4.74 Å². The summed E-state index contributed by atoms with van der Waals surface area (Å²) < 4.78 is 11.5. The van der Waals surface area contributed by atoms with E-state index in [1.807, 2.05) is 12.1 Å². The maximum atomic E-state index is 6.27. The van der Waals surface area contributed by atoms with Gasteiger partial charge in [0, 0.05) is 6.54 Å². The summed E-state index contributed by atoms with van der Waals surface area (Å²) in [6, 6.07) is 8.23. The summed E-state index contributed by atoms with van der Waals surface area (Å²) in [5, 5.41) is 3.39. The molecule has 0 saturated heterocycles. The Morgan fingerprint density at radius 3 is 2.47 bits per heavy atom. The second-order valence-electron chi connectivity index (χ2n) is 5.11. The molecule has 1 aromatic rings. The molecule has 1 aliphatic carbocycles. The van der Waals surface area contributed by atoms with Gasteiger partial charge in [0.1, 0.15) is 5.75 Å². The third kappa shape index (κ3) is 4.22. The fraction of sp³-hybridized carbons (Fsp3) is 0.625. The first-order valence-corrected chi connectivity index (χ1v) is 7.33. The van der Waals surface area contributed by atoms with Gasteiger partial charge in [-0.05, 0) is 37.1 Å². The molecule has 3 heteroatoms. The van der Waals surface area contributed by atoms with Crippen LogP contribution in [0.15, 0.2) is 24.3 Å². The number of likely N-dealkylation sites (N-methyl/N-ethyl adjacent to an activating group) is 1. The van der Waals surface area contributed by atoms with E-state index in [1.54, 1.807) is 7.11 Å². The summed E-state index contributed by atoms with van der Waals surface area (Å²) in [6.07, 6.45) is 5.61. The molecule has 1 unspecified atom stereocenters. The van der Waals surface area contributed by atoms with Crippen molar-refractivity contribution in [2.45, 2.75) is 44.8 Å². The van der Waals surface area contributed by atoms with Gasteiger partial charge < -0.3 is 14.8 Å². The quantitative estimate of drug-likeness (QED) is 0.818. The number of ether oxygens (including phenoxy) is 2. The highest BCUT2D eigenvalue weighted by Crippen LogP contribution is 2.28. The van der Waals surface area contributed by atoms with Crippen molar-refractivity contribution in [3.8, 4) is 5.75 Å². The Morgan fingerprint density at radius 2 is 1.89 bits per heavy atom. The second-order valence-corrected chi connectivity index (χ2v) is 5.11. The highest BCUT2D eigenvalue weighted by Gasteiger charge is 2.21. The topological polar surface area (TPSA) is 30.5 Å². The molecular formula is C16H25NO2. The predicted molar refractivity (Wildman–Crippen MR) is 77.6 cm³/mol. The van der Waals surface area contributed by atoms with E-state index < -0.39 is 0 Å². The minimum Gasteiger partial charge on any atom is -0.497 e. The molecule has 3 nitrogen and oxygen atoms in total. The fourth-order valence-electron chi connectivity index (χ4n) is 2.60. The molecule has 0 aromatic heterocycles. The third-order valence-electron chi connectivity index (χ3n) is 3.73. The number of benzene rings is 1. The van der Waals surface area contributed by atoms with Crippen LogP contribution in [-0.4, -0.2) is 26.3 Å². The Balaban J connectivity index is 2.01. The van der Waals surface area contributed by atoms with Gasteiger partial charge >= 0.3 is 0 Å². The van der Waals surface area contributed by atoms with Crippen molar-refractivity contribution in [3.05, 3.63) is 29.8 Å². The standard InChI is InChI=1S/C16H25NO2/c1-3-17-12-16(19-15-6-4-5-7-15)13-8-10-14(18-2)11-9-13/h8-11,15-17H,3-7,12H2,1-2H3. The van der Waals surface area contributed by atoms with E-state index in [0.717, 1.165) is 18.8 Å². The first-order valence-electron chi connectivity index (χ1n) is 7.33. The Labute approximate surface area is 116 Å². The van der Waals surface area contributed by atoms with Gasteiger partial charge in [-0.1, -0.05) is 31.9 Å². The van der Waals surface area contributed by atoms with Gasteiger partial charge in [-0.15, -0.1) is 0 Å². The van der Waals surface area contributed by atoms with Crippen molar-refractivity contribution in [1.82, 2.24) is 5.32 Å². The summed E-state index contributed by atoms with van der Waals surface area (Å²) in [4.78, 5) is 0. The third-order valence-corrected chi connectivity index (χ3v) is 3.73. The molecule has 0 bridgehead atoms. The summed E-state index contributed by atoms with van der Waals surface area (Å²) >= 11 is 0. The average Bonchev–Trinajstić information content (AvgIpc) is 2.96. The lowest BCUT2D eigenvalue weighted by atomic mass is 10.1. The van der Waals surface area contributed by atoms with Crippen LogP contribution >= 0.6 is 0 Å². The molecule has 1 aliphatic rings. The molecule has 1 aromatic carbocycles. The Kier molecular flexibility index (Phi) is 5.67. The zero-order valence-electron chi connectivity index (χ0n) is 12.0. The van der Waals surface area contributed by atoms with Gasteiger partial charge in [0.25, 0.3) is 0 Å². The minimum atomic E-state index is 0.147. The number of rotatable bonds is 7. The van der Waals surface area contributed by atoms with E-state index in [0.29, 0.717) is 6.10 Å². The minimum absolute atomic E-state index is 0.147. The SMILES string of the molecule is CCNCC(OC1CCCC1)c1ccc(OC)cc1. The van der Waals surface area contributed by atoms with Crippen LogP contribution in [0.2, 0.25) is 0 Å². The van der Waals surface area contributed by atoms with Crippen LogP contribution in [0, 0.1) is 0 Å². The van der Waals surface area contributed by atoms with E-state index in [-0.39, 0.29) is 6.10 Å². The van der Waals surface area contributed by atoms with Crippen LogP contribution in [0.4, 0.5) is 0 Å². The van der Waals surface area contributed by atoms with Gasteiger partial charge in [-0.2, -0.15) is 0 Å². The molecule has 19 heavy (non-hydrogen) atoms. The zero-order valence-corrected chi connectivity index (χ0v) is 12.0. The van der Waals surface area contributed by atoms with Crippen molar-refractivity contribution >= 4 is 0 Å². The molecule has 0 amide bonds. The van der Waals surface area contributed by atoms with Crippen molar-refractivity contribution in [2.24, 2.45) is 0 Å². The maximum absolute atomic E-state index is 6.27. The summed E-state index contributed by atoms with van der Waals surface area (Å²) in [6.45, 7) is 3.97. The molecule has 0 spiro atoms. The van der Waals surface area contributed by atoms with Crippen LogP contribution in [0.3, 0.4) is 0 Å². The van der Waals surface area contributed by atoms with Crippen molar-refractivity contribution < 1.29 is 9.47 Å². The monoisotopic (exact) mass is 263 g/mol. The lowest BCUT2D eigenvalue weighted by Gasteiger charge is -2.23. The average molecular weight is 263 g/mol. The van der Waals surface area contributed by atoms with Crippen LogP contribution in [0.5, 0.6) is 5.75 Å². The molecule has 2 rings (SSSR count). The summed E-state index contributed by atoms with van der Waals surface area (Å²) in [7, 11) is 1.69. The molecule has 1 atom stereocenters. The summed E-state index contributed by atoms with van der Waals surface area (Å²) in [5.74, 6) is 0.895. The van der Waals surface area contributed by atoms with Gasteiger partial charge in [0.2, 0.25) is 0 Å². The molecule has 106 valence electrons. The first-order chi connectivity index (χ1) is 9.33. The lowest BCUT2D eigenvalue weighted by molar-refractivity contribution is -0.00850. The van der Waals surface area contributed by atoms with Gasteiger partial charge in [-0.3, -0.25) is 0 Å². The highest BCUT2D eigenvalue weighted by molar-refractivity contribution is 5.28. The largest absolute Gasteiger partial charge is 0.497 e. The lowest BCUT2D eigenvalue weighted by Crippen LogP contribution is -2.25. The smallest absolute Gasteiger partial charge is 0.118 e. The van der Waals surface area contributed by atoms with Crippen LogP contribution < -0.4 is 10.1 Å². The molecule has 0 radical (unpaired) electrons. The Bertz CT molecular complexity index is 358. The number of hydrogen-bond donors (Lipinski definition) is 1. The maximum Gasteiger partial charge on any atom is 0.118 e. The molecule has 1 saturated carbocycles. The van der Waals surface area contributed by atoms with Crippen molar-refractivity contribution in [2.75, 3.05) is 20.2 Å². The molecule has 1 fully saturated rings. The van der Waals surface area contributed by atoms with Crippen molar-refractivity contribution in [3.63, 3.8) is 0 Å². The molecule has 0 heterocycles. The molecular weight excluding hydrogens is 238 g/mol. The van der Waals surface area contributed by atoms with Crippen LogP contribution in [0.25, 0.3) is 0 Å². The van der Waals surface area contributed by atoms with Crippen molar-refractivity contribution in [1.29, 1.82) is 0 Å². The first kappa shape index (κ1) is 14.4. The predicted octanol–water partition coefficient (Wildman–Crippen LogP) is 3.31. The van der Waals surface area contributed by atoms with Crippen LogP contribution in [0.1, 0.15) is 44.3 Å². The molecule has 0 aliphatic heterocycles. The molecule has 1 N–H and O–H groups in total. The van der Waals surface area contributed by atoms with Gasteiger partial charge in [0.15, 0.2) is 0 Å². The van der Waals surface area contributed by atoms with E-state index >= 15 is 0 Å². The van der Waals surface area contributed by atoms with E-state index in [9.17, 15) is 0 Å². The van der Waals surface area contributed by atoms with Gasteiger partial charge in [0.05, 0.1) is 19.3 Å². The number of hydrogen-bond acceptors (Lipinski definition) is 3. The normalized spacial score (nSPS) is 17.6.